The van der Waals surface area contributed by atoms with Crippen molar-refractivity contribution in [3.8, 4) is 0 Å². The van der Waals surface area contributed by atoms with Crippen molar-refractivity contribution in [3.05, 3.63) is 12.0 Å². The number of rotatable bonds is 4. The number of oxazole rings is 1. The maximum Gasteiger partial charge on any atom is 0.297 e. The number of aromatic nitrogens is 1. The Morgan fingerprint density at radius 2 is 2.32 bits per heavy atom. The van der Waals surface area contributed by atoms with E-state index in [-0.39, 0.29) is 0 Å². The Morgan fingerprint density at radius 3 is 3.21 bits per heavy atom. The van der Waals surface area contributed by atoms with E-state index in [0.29, 0.717) is 12.1 Å². The molecule has 5 heteroatoms. The number of nitrogens with one attached hydrogen (secondary N) is 1. The molecule has 2 heterocycles. The van der Waals surface area contributed by atoms with Crippen LogP contribution in [0.15, 0.2) is 10.7 Å². The third kappa shape index (κ3) is 2.77. The van der Waals surface area contributed by atoms with Crippen molar-refractivity contribution < 1.29 is 9.15 Å². The number of nitrogens with zero attached hydrogens (tertiary/aromatic N) is 2. The molecule has 1 N–H and O–H groups in total. The van der Waals surface area contributed by atoms with Gasteiger partial charge in [0, 0.05) is 13.1 Å². The van der Waals surface area contributed by atoms with Gasteiger partial charge in [0.05, 0.1) is 24.4 Å². The largest absolute Gasteiger partial charge is 0.432 e. The third-order valence-electron chi connectivity index (χ3n) is 4.07. The summed E-state index contributed by atoms with van der Waals surface area (Å²) in [7, 11) is 0. The molecule has 106 valence electrons. The predicted octanol–water partition coefficient (Wildman–Crippen LogP) is 1.93. The van der Waals surface area contributed by atoms with Gasteiger partial charge in [-0.2, -0.15) is 4.98 Å². The van der Waals surface area contributed by atoms with Gasteiger partial charge >= 0.3 is 0 Å². The first-order chi connectivity index (χ1) is 9.38. The zero-order valence-corrected chi connectivity index (χ0v) is 11.6. The van der Waals surface area contributed by atoms with Crippen molar-refractivity contribution in [2.24, 2.45) is 0 Å². The summed E-state index contributed by atoms with van der Waals surface area (Å²) < 4.78 is 11.6. The lowest BCUT2D eigenvalue weighted by Crippen LogP contribution is -2.53. The second-order valence-corrected chi connectivity index (χ2v) is 5.36. The molecule has 2 aliphatic rings. The molecule has 1 aliphatic heterocycles. The van der Waals surface area contributed by atoms with E-state index >= 15 is 0 Å². The summed E-state index contributed by atoms with van der Waals surface area (Å²) in [6.45, 7) is 5.49. The predicted molar refractivity (Wildman–Crippen MR) is 73.2 cm³/mol. The van der Waals surface area contributed by atoms with Crippen molar-refractivity contribution >= 4 is 6.01 Å². The second-order valence-electron chi connectivity index (χ2n) is 5.36. The van der Waals surface area contributed by atoms with Crippen LogP contribution in [-0.2, 0) is 11.3 Å². The summed E-state index contributed by atoms with van der Waals surface area (Å²) in [5, 5.41) is 3.27. The van der Waals surface area contributed by atoms with Crippen molar-refractivity contribution in [1.82, 2.24) is 10.3 Å². The first kappa shape index (κ1) is 12.9. The molecule has 3 rings (SSSR count). The molecule has 0 amide bonds. The molecular formula is C14H23N3O2. The lowest BCUT2D eigenvalue weighted by molar-refractivity contribution is -0.0106. The minimum atomic E-state index is 0.367. The SMILES string of the molecule is CCNCc1coc(N2CCOC3CCCCC32)n1. The van der Waals surface area contributed by atoms with Crippen LogP contribution in [0.2, 0.25) is 0 Å². The Hall–Kier alpha value is -1.07. The lowest BCUT2D eigenvalue weighted by atomic mass is 9.90. The highest BCUT2D eigenvalue weighted by molar-refractivity contribution is 5.31. The van der Waals surface area contributed by atoms with Gasteiger partial charge in [-0.05, 0) is 19.4 Å². The summed E-state index contributed by atoms with van der Waals surface area (Å²) in [5.41, 5.74) is 0.982. The fourth-order valence-corrected chi connectivity index (χ4v) is 3.10. The van der Waals surface area contributed by atoms with Gasteiger partial charge in [-0.15, -0.1) is 0 Å². The van der Waals surface area contributed by atoms with E-state index in [0.717, 1.165) is 37.9 Å². The van der Waals surface area contributed by atoms with Gasteiger partial charge in [-0.3, -0.25) is 0 Å². The zero-order valence-electron chi connectivity index (χ0n) is 11.6. The minimum Gasteiger partial charge on any atom is -0.432 e. The minimum absolute atomic E-state index is 0.367. The zero-order chi connectivity index (χ0) is 13.1. The van der Waals surface area contributed by atoms with Gasteiger partial charge in [-0.1, -0.05) is 19.8 Å². The number of morpholine rings is 1. The Labute approximate surface area is 114 Å². The van der Waals surface area contributed by atoms with Crippen LogP contribution in [0.1, 0.15) is 38.3 Å². The maximum absolute atomic E-state index is 5.88. The number of hydrogen-bond donors (Lipinski definition) is 1. The standard InChI is InChI=1S/C14H23N3O2/c1-2-15-9-11-10-19-14(16-11)17-7-8-18-13-6-4-3-5-12(13)17/h10,12-13,15H,2-9H2,1H3. The topological polar surface area (TPSA) is 50.5 Å². The highest BCUT2D eigenvalue weighted by atomic mass is 16.5. The smallest absolute Gasteiger partial charge is 0.297 e. The van der Waals surface area contributed by atoms with Gasteiger partial charge in [0.15, 0.2) is 0 Å². The van der Waals surface area contributed by atoms with Crippen LogP contribution in [-0.4, -0.2) is 36.8 Å². The van der Waals surface area contributed by atoms with Gasteiger partial charge in [0.25, 0.3) is 6.01 Å². The van der Waals surface area contributed by atoms with E-state index in [2.05, 4.69) is 22.1 Å². The summed E-state index contributed by atoms with van der Waals surface area (Å²) >= 11 is 0. The molecular weight excluding hydrogens is 242 g/mol. The molecule has 2 unspecified atom stereocenters. The van der Waals surface area contributed by atoms with E-state index in [4.69, 9.17) is 9.15 Å². The Balaban J connectivity index is 1.70. The Bertz CT molecular complexity index is 405. The second kappa shape index (κ2) is 5.92. The highest BCUT2D eigenvalue weighted by Crippen LogP contribution is 2.31. The first-order valence-electron chi connectivity index (χ1n) is 7.42. The van der Waals surface area contributed by atoms with Gasteiger partial charge in [-0.25, -0.2) is 0 Å². The van der Waals surface area contributed by atoms with Gasteiger partial charge in [0.1, 0.15) is 6.26 Å². The summed E-state index contributed by atoms with van der Waals surface area (Å²) in [5.74, 6) is 0. The molecule has 0 spiro atoms. The Morgan fingerprint density at radius 1 is 1.42 bits per heavy atom. The van der Waals surface area contributed by atoms with E-state index in [1.807, 2.05) is 0 Å². The van der Waals surface area contributed by atoms with Gasteiger partial charge < -0.3 is 19.4 Å². The molecule has 0 bridgehead atoms. The monoisotopic (exact) mass is 265 g/mol. The highest BCUT2D eigenvalue weighted by Gasteiger charge is 2.36. The van der Waals surface area contributed by atoms with Crippen molar-refractivity contribution in [2.75, 3.05) is 24.6 Å². The Kier molecular flexibility index (Phi) is 4.03. The van der Waals surface area contributed by atoms with Crippen LogP contribution >= 0.6 is 0 Å². The van der Waals surface area contributed by atoms with Crippen LogP contribution in [0.5, 0.6) is 0 Å². The molecule has 1 aliphatic carbocycles. The van der Waals surface area contributed by atoms with Gasteiger partial charge in [0.2, 0.25) is 0 Å². The molecule has 1 aromatic heterocycles. The number of ether oxygens (including phenoxy) is 1. The fraction of sp³-hybridized carbons (Fsp3) is 0.786. The van der Waals surface area contributed by atoms with Crippen LogP contribution in [0.4, 0.5) is 6.01 Å². The van der Waals surface area contributed by atoms with E-state index in [1.54, 1.807) is 6.26 Å². The van der Waals surface area contributed by atoms with E-state index in [9.17, 15) is 0 Å². The maximum atomic E-state index is 5.88. The molecule has 1 aromatic rings. The van der Waals surface area contributed by atoms with E-state index in [1.165, 1.54) is 25.7 Å². The van der Waals surface area contributed by atoms with Crippen molar-refractivity contribution in [3.63, 3.8) is 0 Å². The van der Waals surface area contributed by atoms with Crippen LogP contribution < -0.4 is 10.2 Å². The number of hydrogen-bond acceptors (Lipinski definition) is 5. The average molecular weight is 265 g/mol. The molecule has 0 radical (unpaired) electrons. The molecule has 2 fully saturated rings. The number of fused-ring (bicyclic) bond motifs is 1. The molecule has 19 heavy (non-hydrogen) atoms. The summed E-state index contributed by atoms with van der Waals surface area (Å²) in [6, 6.07) is 1.22. The van der Waals surface area contributed by atoms with Crippen LogP contribution in [0, 0.1) is 0 Å². The molecule has 1 saturated carbocycles. The first-order valence-corrected chi connectivity index (χ1v) is 7.42. The van der Waals surface area contributed by atoms with Crippen molar-refractivity contribution in [1.29, 1.82) is 0 Å². The van der Waals surface area contributed by atoms with Crippen LogP contribution in [0.3, 0.4) is 0 Å². The average Bonchev–Trinajstić information content (AvgIpc) is 2.93. The number of anilines is 1. The molecule has 2 atom stereocenters. The van der Waals surface area contributed by atoms with Crippen LogP contribution in [0.25, 0.3) is 0 Å². The quantitative estimate of drug-likeness (QED) is 0.901. The summed E-state index contributed by atoms with van der Waals surface area (Å²) in [4.78, 5) is 6.91. The van der Waals surface area contributed by atoms with E-state index < -0.39 is 0 Å². The van der Waals surface area contributed by atoms with Crippen molar-refractivity contribution in [2.45, 2.75) is 51.3 Å². The molecule has 0 aromatic carbocycles. The fourth-order valence-electron chi connectivity index (χ4n) is 3.10. The molecule has 1 saturated heterocycles. The summed E-state index contributed by atoms with van der Waals surface area (Å²) in [6.07, 6.45) is 7.07. The lowest BCUT2D eigenvalue weighted by Gasteiger charge is -2.42. The molecule has 5 nitrogen and oxygen atoms in total. The third-order valence-corrected chi connectivity index (χ3v) is 4.07. The normalized spacial score (nSPS) is 27.3.